The maximum absolute atomic E-state index is 9.21. The van der Waals surface area contributed by atoms with Gasteiger partial charge in [-0.1, -0.05) is 0 Å². The first-order valence-electron chi connectivity index (χ1n) is 5.12. The van der Waals surface area contributed by atoms with E-state index < -0.39 is 5.54 Å². The first-order chi connectivity index (χ1) is 6.68. The third-order valence-electron chi connectivity index (χ3n) is 3.14. The Hall–Kier alpha value is 0.514. The van der Waals surface area contributed by atoms with Gasteiger partial charge in [-0.15, -0.1) is 0 Å². The summed E-state index contributed by atoms with van der Waals surface area (Å²) < 4.78 is 0. The molecule has 1 rings (SSSR count). The summed E-state index contributed by atoms with van der Waals surface area (Å²) in [6.07, 6.45) is 1.24. The van der Waals surface area contributed by atoms with E-state index in [9.17, 15) is 5.26 Å². The molecule has 0 unspecified atom stereocenters. The van der Waals surface area contributed by atoms with Crippen LogP contribution in [-0.4, -0.2) is 48.6 Å². The minimum atomic E-state index is -0.429. The van der Waals surface area contributed by atoms with Gasteiger partial charge in [0.15, 0.2) is 0 Å². The zero-order valence-corrected chi connectivity index (χ0v) is 12.4. The van der Waals surface area contributed by atoms with Crippen LogP contribution in [0.5, 0.6) is 0 Å². The van der Waals surface area contributed by atoms with Gasteiger partial charge in [0, 0.05) is 58.9 Å². The van der Waals surface area contributed by atoms with Crippen molar-refractivity contribution in [3.63, 3.8) is 0 Å². The van der Waals surface area contributed by atoms with Gasteiger partial charge >= 0.3 is 0 Å². The summed E-state index contributed by atoms with van der Waals surface area (Å²) in [7, 11) is 2.11. The van der Waals surface area contributed by atoms with Crippen LogP contribution >= 0.6 is 0 Å². The van der Waals surface area contributed by atoms with Crippen molar-refractivity contribution in [1.29, 1.82) is 5.26 Å². The molecule has 0 aliphatic carbocycles. The van der Waals surface area contributed by atoms with Crippen LogP contribution in [0.2, 0.25) is 0 Å². The van der Waals surface area contributed by atoms with Gasteiger partial charge in [-0.2, -0.15) is 18.1 Å². The molecule has 1 aliphatic heterocycles. The third kappa shape index (κ3) is 3.49. The van der Waals surface area contributed by atoms with Crippen LogP contribution in [0.15, 0.2) is 0 Å². The molecule has 0 atom stereocenters. The number of nitriles is 1. The van der Waals surface area contributed by atoms with Crippen LogP contribution in [0.1, 0.15) is 12.8 Å². The van der Waals surface area contributed by atoms with E-state index in [1.807, 2.05) is 0 Å². The molecule has 0 aromatic rings. The van der Waals surface area contributed by atoms with Gasteiger partial charge in [0.1, 0.15) is 0 Å². The minimum Gasteiger partial charge on any atom is -0.341 e. The smallest absolute Gasteiger partial charge is 0.0793 e. The molecular weight excluding hydrogens is 263 g/mol. The average molecular weight is 282 g/mol. The number of likely N-dealkylation sites (N-methyl/N-ethyl adjacent to an activating group) is 1. The van der Waals surface area contributed by atoms with Crippen molar-refractivity contribution in [2.75, 3.05) is 33.2 Å². The molecule has 0 spiro atoms. The molecule has 0 aromatic heterocycles. The molecule has 1 aliphatic rings. The van der Waals surface area contributed by atoms with Crippen LogP contribution in [-0.2, 0) is 32.7 Å². The first-order valence-corrected chi connectivity index (χ1v) is 5.12. The van der Waals surface area contributed by atoms with Crippen LogP contribution in [0.25, 0.3) is 0 Å². The van der Waals surface area contributed by atoms with Crippen molar-refractivity contribution in [2.24, 2.45) is 0 Å². The third-order valence-corrected chi connectivity index (χ3v) is 3.14. The van der Waals surface area contributed by atoms with Crippen molar-refractivity contribution in [3.8, 4) is 6.07 Å². The predicted octanol–water partition coefficient (Wildman–Crippen LogP) is 0.942. The summed E-state index contributed by atoms with van der Waals surface area (Å²) >= 11 is 0. The average Bonchev–Trinajstić information content (AvgIpc) is 2.24. The van der Waals surface area contributed by atoms with Crippen LogP contribution < -0.4 is 0 Å². The zero-order valence-electron chi connectivity index (χ0n) is 9.58. The van der Waals surface area contributed by atoms with Gasteiger partial charge in [-0.05, 0) is 7.05 Å². The summed E-state index contributed by atoms with van der Waals surface area (Å²) in [5.41, 5.74) is -0.429. The molecule has 0 saturated carbocycles. The largest absolute Gasteiger partial charge is 0.341 e. The van der Waals surface area contributed by atoms with E-state index in [2.05, 4.69) is 36.8 Å². The number of hydrogen-bond acceptors (Lipinski definition) is 3. The SMILES string of the molecule is [CH2-]CC(C#N)(C[CH2-])N1CCN(C)CC1.[Y]. The molecule has 3 nitrogen and oxygen atoms in total. The van der Waals surface area contributed by atoms with Crippen molar-refractivity contribution in [3.05, 3.63) is 13.8 Å². The molecule has 4 heteroatoms. The van der Waals surface area contributed by atoms with E-state index in [0.717, 1.165) is 26.2 Å². The molecule has 0 bridgehead atoms. The summed E-state index contributed by atoms with van der Waals surface area (Å²) in [5, 5.41) is 9.21. The molecule has 1 fully saturated rings. The van der Waals surface area contributed by atoms with Crippen LogP contribution in [0.3, 0.4) is 0 Å². The van der Waals surface area contributed by atoms with Crippen molar-refractivity contribution in [1.82, 2.24) is 9.80 Å². The molecule has 1 heterocycles. The predicted molar refractivity (Wildman–Crippen MR) is 57.4 cm³/mol. The zero-order chi connectivity index (χ0) is 10.6. The Morgan fingerprint density at radius 1 is 1.20 bits per heavy atom. The Bertz CT molecular complexity index is 212. The van der Waals surface area contributed by atoms with E-state index in [1.54, 1.807) is 0 Å². The second kappa shape index (κ2) is 6.96. The Kier molecular flexibility index (Phi) is 7.20. The van der Waals surface area contributed by atoms with E-state index in [1.165, 1.54) is 0 Å². The van der Waals surface area contributed by atoms with Crippen molar-refractivity contribution >= 4 is 0 Å². The van der Waals surface area contributed by atoms with E-state index >= 15 is 0 Å². The number of hydrogen-bond donors (Lipinski definition) is 0. The van der Waals surface area contributed by atoms with E-state index in [0.29, 0.717) is 12.8 Å². The fourth-order valence-electron chi connectivity index (χ4n) is 1.86. The van der Waals surface area contributed by atoms with Gasteiger partial charge in [0.2, 0.25) is 0 Å². The Morgan fingerprint density at radius 2 is 1.67 bits per heavy atom. The summed E-state index contributed by atoms with van der Waals surface area (Å²) in [6, 6.07) is 2.38. The van der Waals surface area contributed by atoms with Crippen molar-refractivity contribution < 1.29 is 32.7 Å². The molecule has 15 heavy (non-hydrogen) atoms. The second-order valence-corrected chi connectivity index (χ2v) is 3.93. The molecule has 0 N–H and O–H groups in total. The van der Waals surface area contributed by atoms with Gasteiger partial charge in [-0.3, -0.25) is 4.90 Å². The first kappa shape index (κ1) is 15.5. The molecule has 0 amide bonds. The summed E-state index contributed by atoms with van der Waals surface area (Å²) in [6.45, 7) is 11.7. The van der Waals surface area contributed by atoms with Crippen LogP contribution in [0.4, 0.5) is 0 Å². The normalized spacial score (nSPS) is 19.3. The van der Waals surface area contributed by atoms with Crippen LogP contribution in [0, 0.1) is 25.2 Å². The Labute approximate surface area is 119 Å². The van der Waals surface area contributed by atoms with Gasteiger partial charge in [0.25, 0.3) is 0 Å². The quantitative estimate of drug-likeness (QED) is 0.722. The molecule has 1 saturated heterocycles. The maximum Gasteiger partial charge on any atom is 0.0793 e. The Morgan fingerprint density at radius 3 is 2.00 bits per heavy atom. The van der Waals surface area contributed by atoms with E-state index in [-0.39, 0.29) is 32.7 Å². The standard InChI is InChI=1S/C11H19N3.Y/c1-4-11(5-2,10-12)14-8-6-13(3)7-9-14;/h1-2,4-9H2,3H3;/q-2;. The number of piperazine rings is 1. The second-order valence-electron chi connectivity index (χ2n) is 3.93. The van der Waals surface area contributed by atoms with Crippen molar-refractivity contribution in [2.45, 2.75) is 18.4 Å². The molecular formula is C11H19N3Y-2. The van der Waals surface area contributed by atoms with Gasteiger partial charge in [0.05, 0.1) is 11.6 Å². The number of rotatable bonds is 3. The van der Waals surface area contributed by atoms with Gasteiger partial charge in [-0.25, -0.2) is 0 Å². The minimum absolute atomic E-state index is 0. The molecule has 0 aromatic carbocycles. The summed E-state index contributed by atoms with van der Waals surface area (Å²) in [4.78, 5) is 4.51. The topological polar surface area (TPSA) is 30.3 Å². The fraction of sp³-hybridized carbons (Fsp3) is 0.727. The van der Waals surface area contributed by atoms with Gasteiger partial charge < -0.3 is 18.7 Å². The molecule has 83 valence electrons. The maximum atomic E-state index is 9.21. The number of nitrogens with zero attached hydrogens (tertiary/aromatic N) is 3. The summed E-state index contributed by atoms with van der Waals surface area (Å²) in [5.74, 6) is 0. The Balaban J connectivity index is 0.00000196. The molecule has 1 radical (unpaired) electrons. The monoisotopic (exact) mass is 282 g/mol. The van der Waals surface area contributed by atoms with E-state index in [4.69, 9.17) is 0 Å². The fourth-order valence-corrected chi connectivity index (χ4v) is 1.86.